The smallest absolute Gasteiger partial charge is 0.360 e. The lowest BCUT2D eigenvalue weighted by Gasteiger charge is -2.05. The number of carbonyl (C=O) groups excluding carboxylic acids is 3. The molecule has 7 nitrogen and oxygen atoms in total. The van der Waals surface area contributed by atoms with Crippen molar-refractivity contribution in [1.82, 2.24) is 4.98 Å². The number of aromatic amines is 1. The Kier molecular flexibility index (Phi) is 5.59. The van der Waals surface area contributed by atoms with Gasteiger partial charge in [0.1, 0.15) is 11.4 Å². The number of carbonyl (C=O) groups is 3. The number of nitrogens with one attached hydrogen (secondary N) is 1. The van der Waals surface area contributed by atoms with E-state index in [1.54, 1.807) is 20.8 Å². The van der Waals surface area contributed by atoms with Crippen LogP contribution in [0.2, 0.25) is 0 Å². The fourth-order valence-corrected chi connectivity index (χ4v) is 2.40. The van der Waals surface area contributed by atoms with E-state index in [2.05, 4.69) is 9.72 Å². The van der Waals surface area contributed by atoms with E-state index >= 15 is 0 Å². The Morgan fingerprint density at radius 1 is 1.00 bits per heavy atom. The Morgan fingerprint density at radius 2 is 1.64 bits per heavy atom. The molecule has 0 unspecified atom stereocenters. The fraction of sp³-hybridized carbons (Fsp3) is 0.278. The number of hydrogen-bond acceptors (Lipinski definition) is 6. The third-order valence-electron chi connectivity index (χ3n) is 3.61. The Bertz CT molecular complexity index is 804. The van der Waals surface area contributed by atoms with Gasteiger partial charge in [-0.1, -0.05) is 0 Å². The van der Waals surface area contributed by atoms with Crippen LogP contribution in [-0.2, 0) is 9.47 Å². The molecular formula is C18H19NO6. The monoisotopic (exact) mass is 345 g/mol. The lowest BCUT2D eigenvalue weighted by Crippen LogP contribution is -2.12. The van der Waals surface area contributed by atoms with Crippen LogP contribution in [0.25, 0.3) is 0 Å². The minimum atomic E-state index is -0.637. The van der Waals surface area contributed by atoms with Gasteiger partial charge in [-0.25, -0.2) is 14.4 Å². The van der Waals surface area contributed by atoms with Gasteiger partial charge in [0.15, 0.2) is 0 Å². The molecule has 0 aliphatic rings. The number of aromatic nitrogens is 1. The summed E-state index contributed by atoms with van der Waals surface area (Å²) in [6.45, 7) is 5.28. The predicted molar refractivity (Wildman–Crippen MR) is 89.0 cm³/mol. The normalized spacial score (nSPS) is 10.2. The molecule has 1 N–H and O–H groups in total. The van der Waals surface area contributed by atoms with E-state index in [-0.39, 0.29) is 18.1 Å². The molecular weight excluding hydrogens is 326 g/mol. The quantitative estimate of drug-likeness (QED) is 0.661. The molecule has 7 heteroatoms. The number of benzene rings is 1. The van der Waals surface area contributed by atoms with Gasteiger partial charge in [0.2, 0.25) is 0 Å². The topological polar surface area (TPSA) is 94.7 Å². The molecule has 0 bridgehead atoms. The van der Waals surface area contributed by atoms with Crippen molar-refractivity contribution in [3.8, 4) is 5.75 Å². The summed E-state index contributed by atoms with van der Waals surface area (Å²) in [6.07, 6.45) is 0. The maximum Gasteiger partial charge on any atom is 0.360 e. The molecule has 0 fully saturated rings. The average molecular weight is 345 g/mol. The fourth-order valence-electron chi connectivity index (χ4n) is 2.40. The summed E-state index contributed by atoms with van der Waals surface area (Å²) in [4.78, 5) is 38.6. The van der Waals surface area contributed by atoms with Crippen molar-refractivity contribution in [3.05, 3.63) is 52.3 Å². The molecule has 25 heavy (non-hydrogen) atoms. The molecule has 1 aromatic carbocycles. The van der Waals surface area contributed by atoms with Gasteiger partial charge >= 0.3 is 17.9 Å². The third kappa shape index (κ3) is 3.88. The molecule has 0 saturated carbocycles. The first-order valence-electron chi connectivity index (χ1n) is 7.65. The Labute approximate surface area is 144 Å². The van der Waals surface area contributed by atoms with Crippen LogP contribution in [-0.4, -0.2) is 36.6 Å². The first-order chi connectivity index (χ1) is 11.9. The zero-order valence-electron chi connectivity index (χ0n) is 14.5. The average Bonchev–Trinajstić information content (AvgIpc) is 2.89. The lowest BCUT2D eigenvalue weighted by molar-refractivity contribution is 0.0524. The zero-order chi connectivity index (χ0) is 18.6. The van der Waals surface area contributed by atoms with E-state index < -0.39 is 17.9 Å². The van der Waals surface area contributed by atoms with Crippen molar-refractivity contribution in [2.24, 2.45) is 0 Å². The van der Waals surface area contributed by atoms with Gasteiger partial charge in [0, 0.05) is 5.69 Å². The van der Waals surface area contributed by atoms with Gasteiger partial charge in [-0.3, -0.25) is 0 Å². The highest BCUT2D eigenvalue weighted by Crippen LogP contribution is 2.21. The summed E-state index contributed by atoms with van der Waals surface area (Å²) < 4.78 is 14.9. The van der Waals surface area contributed by atoms with Gasteiger partial charge in [-0.15, -0.1) is 0 Å². The summed E-state index contributed by atoms with van der Waals surface area (Å²) >= 11 is 0. The van der Waals surface area contributed by atoms with Crippen LogP contribution in [0.5, 0.6) is 5.75 Å². The zero-order valence-corrected chi connectivity index (χ0v) is 14.5. The second-order valence-corrected chi connectivity index (χ2v) is 5.25. The number of H-pyrrole nitrogens is 1. The van der Waals surface area contributed by atoms with Crippen LogP contribution in [0.1, 0.15) is 49.4 Å². The summed E-state index contributed by atoms with van der Waals surface area (Å²) in [6, 6.07) is 5.96. The van der Waals surface area contributed by atoms with Crippen molar-refractivity contribution in [1.29, 1.82) is 0 Å². The highest BCUT2D eigenvalue weighted by atomic mass is 16.5. The largest absolute Gasteiger partial charge is 0.465 e. The van der Waals surface area contributed by atoms with Crippen LogP contribution in [0, 0.1) is 13.8 Å². The maximum atomic E-state index is 12.4. The second-order valence-electron chi connectivity index (χ2n) is 5.25. The van der Waals surface area contributed by atoms with Gasteiger partial charge in [0.05, 0.1) is 24.8 Å². The van der Waals surface area contributed by atoms with Crippen LogP contribution in [0.15, 0.2) is 24.3 Å². The standard InChI is InChI=1S/C18H19NO6/c1-5-24-17(21)14-10(2)15(19-11(14)3)18(22)25-13-8-6-12(7-9-13)16(20)23-4/h6-9,19H,5H2,1-4H3. The van der Waals surface area contributed by atoms with Crippen LogP contribution in [0.4, 0.5) is 0 Å². The Balaban J connectivity index is 2.20. The van der Waals surface area contributed by atoms with E-state index in [1.165, 1.54) is 31.4 Å². The SMILES string of the molecule is CCOC(=O)c1c(C)[nH]c(C(=O)Oc2ccc(C(=O)OC)cc2)c1C. The lowest BCUT2D eigenvalue weighted by atomic mass is 10.1. The highest BCUT2D eigenvalue weighted by molar-refractivity contribution is 5.99. The van der Waals surface area contributed by atoms with Crippen molar-refractivity contribution in [2.75, 3.05) is 13.7 Å². The van der Waals surface area contributed by atoms with Crippen LogP contribution < -0.4 is 4.74 Å². The second kappa shape index (κ2) is 7.65. The molecule has 132 valence electrons. The molecule has 0 radical (unpaired) electrons. The third-order valence-corrected chi connectivity index (χ3v) is 3.61. The molecule has 0 spiro atoms. The van der Waals surface area contributed by atoms with Crippen LogP contribution >= 0.6 is 0 Å². The molecule has 2 aromatic rings. The first-order valence-corrected chi connectivity index (χ1v) is 7.65. The number of rotatable bonds is 5. The predicted octanol–water partition coefficient (Wildman–Crippen LogP) is 2.81. The molecule has 0 aliphatic heterocycles. The van der Waals surface area contributed by atoms with E-state index in [4.69, 9.17) is 9.47 Å². The molecule has 0 atom stereocenters. The van der Waals surface area contributed by atoms with E-state index in [0.29, 0.717) is 22.4 Å². The molecule has 1 heterocycles. The molecule has 1 aromatic heterocycles. The minimum Gasteiger partial charge on any atom is -0.465 e. The Hall–Kier alpha value is -3.09. The van der Waals surface area contributed by atoms with Crippen molar-refractivity contribution in [3.63, 3.8) is 0 Å². The van der Waals surface area contributed by atoms with E-state index in [9.17, 15) is 14.4 Å². The summed E-state index contributed by atoms with van der Waals surface area (Å²) in [5, 5.41) is 0. The van der Waals surface area contributed by atoms with Gasteiger partial charge in [-0.2, -0.15) is 0 Å². The summed E-state index contributed by atoms with van der Waals surface area (Å²) in [5.74, 6) is -1.34. The van der Waals surface area contributed by atoms with Crippen molar-refractivity contribution < 1.29 is 28.6 Å². The summed E-state index contributed by atoms with van der Waals surface area (Å²) in [7, 11) is 1.29. The number of esters is 3. The number of ether oxygens (including phenoxy) is 3. The summed E-state index contributed by atoms with van der Waals surface area (Å²) in [5.41, 5.74) is 1.85. The Morgan fingerprint density at radius 3 is 2.20 bits per heavy atom. The maximum absolute atomic E-state index is 12.4. The van der Waals surface area contributed by atoms with Gasteiger partial charge in [-0.05, 0) is 50.6 Å². The molecule has 0 amide bonds. The van der Waals surface area contributed by atoms with Gasteiger partial charge in [0.25, 0.3) is 0 Å². The molecule has 0 aliphatic carbocycles. The minimum absolute atomic E-state index is 0.178. The van der Waals surface area contributed by atoms with Crippen molar-refractivity contribution in [2.45, 2.75) is 20.8 Å². The van der Waals surface area contributed by atoms with Crippen molar-refractivity contribution >= 4 is 17.9 Å². The van der Waals surface area contributed by atoms with E-state index in [1.807, 2.05) is 0 Å². The van der Waals surface area contributed by atoms with Gasteiger partial charge < -0.3 is 19.2 Å². The van der Waals surface area contributed by atoms with E-state index in [0.717, 1.165) is 0 Å². The molecule has 0 saturated heterocycles. The highest BCUT2D eigenvalue weighted by Gasteiger charge is 2.24. The number of methoxy groups -OCH3 is 1. The number of aryl methyl sites for hydroxylation is 1. The molecule has 2 rings (SSSR count). The van der Waals surface area contributed by atoms with Crippen LogP contribution in [0.3, 0.4) is 0 Å². The number of hydrogen-bond donors (Lipinski definition) is 1. The first kappa shape index (κ1) is 18.3.